The number of rotatable bonds is 12. The molecule has 0 aromatic rings. The molecule has 42 heavy (non-hydrogen) atoms. The van der Waals surface area contributed by atoms with Gasteiger partial charge in [-0.2, -0.15) is 0 Å². The normalized spacial score (nSPS) is 36.0. The van der Waals surface area contributed by atoms with Crippen LogP contribution >= 0.6 is 0 Å². The Bertz CT molecular complexity index is 1140. The van der Waals surface area contributed by atoms with E-state index in [-0.39, 0.29) is 49.6 Å². The van der Waals surface area contributed by atoms with E-state index in [1.165, 1.54) is 0 Å². The van der Waals surface area contributed by atoms with E-state index in [0.29, 0.717) is 25.7 Å². The molecule has 0 spiro atoms. The monoisotopic (exact) mass is 594 g/mol. The largest absolute Gasteiger partial charge is 0.465 e. The average molecular weight is 595 g/mol. The fourth-order valence-corrected chi connectivity index (χ4v) is 8.01. The minimum absolute atomic E-state index is 0.0134. The molecule has 4 rings (SSSR count). The van der Waals surface area contributed by atoms with Crippen LogP contribution in [-0.4, -0.2) is 87.1 Å². The second-order valence-electron chi connectivity index (χ2n) is 12.5. The zero-order valence-corrected chi connectivity index (χ0v) is 24.1. The van der Waals surface area contributed by atoms with Gasteiger partial charge in [-0.25, -0.2) is 0 Å². The molecule has 0 aliphatic heterocycles. The highest BCUT2D eigenvalue weighted by Gasteiger charge is 2.68. The number of hydrogen-bond acceptors (Lipinski definition) is 13. The molecule has 3 saturated carbocycles. The van der Waals surface area contributed by atoms with Crippen molar-refractivity contribution >= 4 is 23.5 Å². The lowest BCUT2D eigenvalue weighted by molar-refractivity contribution is -0.492. The van der Waals surface area contributed by atoms with E-state index in [0.717, 1.165) is 12.0 Å². The summed E-state index contributed by atoms with van der Waals surface area (Å²) < 4.78 is 10.1. The number of unbranched alkanes of at least 4 members (excludes halogenated alkanes) is 1. The number of Topliss-reactive ketones (excluding diaryl/α,β-unsaturated/α-hetero) is 1. The van der Waals surface area contributed by atoms with Gasteiger partial charge in [0.25, 0.3) is 0 Å². The summed E-state index contributed by atoms with van der Waals surface area (Å²) in [5.41, 5.74) is 3.57. The number of carbonyl (C=O) groups excluding carboxylic acids is 4. The van der Waals surface area contributed by atoms with Gasteiger partial charge in [-0.05, 0) is 68.9 Å². The van der Waals surface area contributed by atoms with Gasteiger partial charge in [-0.15, -0.1) is 0 Å². The van der Waals surface area contributed by atoms with Crippen molar-refractivity contribution in [3.05, 3.63) is 23.8 Å². The Hall–Kier alpha value is -2.52. The second-order valence-corrected chi connectivity index (χ2v) is 12.5. The summed E-state index contributed by atoms with van der Waals surface area (Å²) in [5.74, 6) is -2.57. The first-order valence-corrected chi connectivity index (χ1v) is 14.5. The molecule has 3 fully saturated rings. The number of ether oxygens (including phenoxy) is 2. The number of allylic oxidation sites excluding steroid dienone is 4. The van der Waals surface area contributed by atoms with Crippen molar-refractivity contribution in [1.82, 2.24) is 5.39 Å². The summed E-state index contributed by atoms with van der Waals surface area (Å²) in [5, 5.41) is 39.7. The third kappa shape index (κ3) is 6.09. The Labute approximate surface area is 244 Å². The molecule has 234 valence electrons. The van der Waals surface area contributed by atoms with Crippen molar-refractivity contribution in [3.8, 4) is 0 Å². The van der Waals surface area contributed by atoms with Gasteiger partial charge in [0.05, 0.1) is 31.1 Å². The van der Waals surface area contributed by atoms with E-state index in [2.05, 4.69) is 11.8 Å². The maximum absolute atomic E-state index is 13.4. The zero-order chi connectivity index (χ0) is 30.9. The van der Waals surface area contributed by atoms with Gasteiger partial charge in [0.15, 0.2) is 12.4 Å². The van der Waals surface area contributed by atoms with Crippen molar-refractivity contribution in [3.63, 3.8) is 0 Å². The van der Waals surface area contributed by atoms with Crippen molar-refractivity contribution < 1.29 is 54.1 Å². The zero-order valence-electron chi connectivity index (χ0n) is 24.1. The van der Waals surface area contributed by atoms with Crippen LogP contribution in [0.5, 0.6) is 0 Å². The Morgan fingerprint density at radius 2 is 1.86 bits per heavy atom. The number of nitrogens with two attached hydrogens (primary N) is 1. The molecule has 0 saturated heterocycles. The fourth-order valence-electron chi connectivity index (χ4n) is 8.01. The molecule has 6 N–H and O–H groups in total. The van der Waals surface area contributed by atoms with Crippen LogP contribution in [0.25, 0.3) is 0 Å². The summed E-state index contributed by atoms with van der Waals surface area (Å²) in [7, 11) is 0. The molecule has 0 aromatic carbocycles. The van der Waals surface area contributed by atoms with Crippen molar-refractivity contribution in [1.29, 1.82) is 0 Å². The lowest BCUT2D eigenvalue weighted by atomic mass is 9.46. The Morgan fingerprint density at radius 1 is 1.14 bits per heavy atom. The second kappa shape index (κ2) is 12.6. The molecule has 0 radical (unpaired) electrons. The predicted molar refractivity (Wildman–Crippen MR) is 143 cm³/mol. The van der Waals surface area contributed by atoms with Crippen LogP contribution < -0.4 is 5.73 Å². The highest BCUT2D eigenvalue weighted by Crippen LogP contribution is 2.67. The molecular formula is C29H42N2O11. The number of hydrogen-bond donors (Lipinski definition) is 5. The average Bonchev–Trinajstić information content (AvgIpc) is 3.19. The van der Waals surface area contributed by atoms with Crippen molar-refractivity contribution in [2.75, 3.05) is 19.8 Å². The number of aliphatic hydroxyl groups excluding tert-OH is 1. The molecule has 1 unspecified atom stereocenters. The number of fused-ring (bicyclic) bond motifs is 5. The number of nitrogens with zero attached hydrogens (tertiary/aromatic N) is 1. The van der Waals surface area contributed by atoms with Crippen LogP contribution in [0.1, 0.15) is 65.2 Å². The highest BCUT2D eigenvalue weighted by atomic mass is 17.1. The van der Waals surface area contributed by atoms with Crippen LogP contribution in [0.2, 0.25) is 0 Å². The first kappa shape index (κ1) is 32.4. The van der Waals surface area contributed by atoms with Crippen LogP contribution in [0.4, 0.5) is 0 Å². The van der Waals surface area contributed by atoms with Gasteiger partial charge in [0.1, 0.15) is 11.6 Å². The molecule has 13 nitrogen and oxygen atoms in total. The summed E-state index contributed by atoms with van der Waals surface area (Å²) in [6, 6.07) is -1.31. The number of carbonyl (C=O) groups is 4. The van der Waals surface area contributed by atoms with Gasteiger partial charge >= 0.3 is 11.9 Å². The first-order chi connectivity index (χ1) is 19.7. The lowest BCUT2D eigenvalue weighted by Crippen LogP contribution is -2.61. The number of aliphatic hydroxyl groups is 2. The molecule has 0 heterocycles. The quantitative estimate of drug-likeness (QED) is 0.122. The van der Waals surface area contributed by atoms with Crippen LogP contribution in [0.15, 0.2) is 23.8 Å². The first-order valence-electron chi connectivity index (χ1n) is 14.5. The molecule has 0 aromatic heterocycles. The molecule has 13 heteroatoms. The smallest absolute Gasteiger partial charge is 0.323 e. The minimum atomic E-state index is -1.80. The maximum Gasteiger partial charge on any atom is 0.323 e. The third-order valence-electron chi connectivity index (χ3n) is 10.2. The Kier molecular flexibility index (Phi) is 9.72. The van der Waals surface area contributed by atoms with E-state index in [1.807, 2.05) is 13.0 Å². The van der Waals surface area contributed by atoms with E-state index >= 15 is 0 Å². The van der Waals surface area contributed by atoms with E-state index in [9.17, 15) is 29.4 Å². The minimum Gasteiger partial charge on any atom is -0.465 e. The van der Waals surface area contributed by atoms with E-state index in [1.54, 1.807) is 12.2 Å². The predicted octanol–water partition coefficient (Wildman–Crippen LogP) is 1.16. The van der Waals surface area contributed by atoms with Gasteiger partial charge < -0.3 is 25.4 Å². The van der Waals surface area contributed by atoms with Gasteiger partial charge in [-0.1, -0.05) is 25.5 Å². The molecule has 4 aliphatic rings. The Morgan fingerprint density at radius 3 is 2.57 bits per heavy atom. The summed E-state index contributed by atoms with van der Waals surface area (Å²) in [6.45, 7) is 3.16. The van der Waals surface area contributed by atoms with Crippen molar-refractivity contribution in [2.45, 2.75) is 83.0 Å². The summed E-state index contributed by atoms with van der Waals surface area (Å²) in [4.78, 5) is 54.2. The highest BCUT2D eigenvalue weighted by molar-refractivity contribution is 6.01. The SMILES string of the molecule is C[C@]12C=CC(=O)C=C1CC[C@@H]1[C@@H]2[C@@H](O)C[C@@]2(C)[C@H]1CC[C@]2(O)C(=O)COC(=O)CC(N)C(=O)OCCCCON(O)O. The molecule has 4 aliphatic carbocycles. The van der Waals surface area contributed by atoms with Gasteiger partial charge in [-0.3, -0.25) is 34.4 Å². The standard InChI is InChI=1S/C29H42N2O11/c1-27-9-7-18(32)13-17(27)5-6-19-20-8-10-29(37,28(20,2)15-22(33)25(19)27)23(34)16-41-24(35)14-21(30)26(36)40-11-3-4-12-42-31(38)39/h7,9,13,19-22,25,33,37-39H,3-6,8,10-12,14-16,30H2,1-2H3/t19-,20-,21?,22-,25+,27-,28-,29-/m0/s1. The third-order valence-corrected chi connectivity index (χ3v) is 10.2. The number of esters is 2. The fraction of sp³-hybridized carbons (Fsp3) is 0.724. The lowest BCUT2D eigenvalue weighted by Gasteiger charge is -2.59. The van der Waals surface area contributed by atoms with Crippen LogP contribution in [0.3, 0.4) is 0 Å². The molecular weight excluding hydrogens is 552 g/mol. The van der Waals surface area contributed by atoms with Gasteiger partial charge in [0, 0.05) is 16.7 Å². The maximum atomic E-state index is 13.4. The van der Waals surface area contributed by atoms with E-state index in [4.69, 9.17) is 25.6 Å². The van der Waals surface area contributed by atoms with Crippen LogP contribution in [0, 0.1) is 28.6 Å². The Balaban J connectivity index is 1.31. The number of ketones is 2. The molecule has 0 amide bonds. The topological polar surface area (TPSA) is 206 Å². The molecule has 0 bridgehead atoms. The van der Waals surface area contributed by atoms with Crippen LogP contribution in [-0.2, 0) is 33.5 Å². The van der Waals surface area contributed by atoms with Gasteiger partial charge in [0.2, 0.25) is 5.78 Å². The van der Waals surface area contributed by atoms with E-state index < -0.39 is 64.7 Å². The molecule has 8 atom stereocenters. The van der Waals surface area contributed by atoms with Crippen molar-refractivity contribution in [2.24, 2.45) is 34.3 Å². The summed E-state index contributed by atoms with van der Waals surface area (Å²) >= 11 is 0. The summed E-state index contributed by atoms with van der Waals surface area (Å²) in [6.07, 6.45) is 6.93.